The van der Waals surface area contributed by atoms with Gasteiger partial charge in [0.05, 0.1) is 13.2 Å². The van der Waals surface area contributed by atoms with E-state index in [-0.39, 0.29) is 17.9 Å². The third-order valence-corrected chi connectivity index (χ3v) is 5.51. The van der Waals surface area contributed by atoms with Crippen molar-refractivity contribution in [3.05, 3.63) is 0 Å². The summed E-state index contributed by atoms with van der Waals surface area (Å²) < 4.78 is 11.9. The Labute approximate surface area is 139 Å². The molecule has 1 N–H and O–H groups in total. The molecular weight excluding hydrogens is 294 g/mol. The zero-order chi connectivity index (χ0) is 16.4. The van der Waals surface area contributed by atoms with Gasteiger partial charge in [-0.25, -0.2) is 4.79 Å². The van der Waals surface area contributed by atoms with E-state index in [2.05, 4.69) is 17.1 Å². The highest BCUT2D eigenvalue weighted by Gasteiger charge is 2.48. The van der Waals surface area contributed by atoms with Crippen LogP contribution in [0.5, 0.6) is 0 Å². The molecule has 0 aromatic rings. The number of amides is 2. The van der Waals surface area contributed by atoms with Crippen LogP contribution in [0.2, 0.25) is 0 Å². The average molecular weight is 325 g/mol. The molecule has 3 aliphatic rings. The highest BCUT2D eigenvalue weighted by atomic mass is 16.7. The number of carbonyl (C=O) groups is 1. The van der Waals surface area contributed by atoms with Crippen molar-refractivity contribution in [3.63, 3.8) is 0 Å². The maximum absolute atomic E-state index is 12.0. The first-order chi connectivity index (χ1) is 11.0. The number of hydrogen-bond acceptors (Lipinski definition) is 4. The Morgan fingerprint density at radius 1 is 1.35 bits per heavy atom. The van der Waals surface area contributed by atoms with Gasteiger partial charge in [-0.05, 0) is 31.7 Å². The number of piperidine rings is 1. The molecule has 0 unspecified atom stereocenters. The summed E-state index contributed by atoms with van der Waals surface area (Å²) in [6.45, 7) is 5.73. The van der Waals surface area contributed by atoms with Gasteiger partial charge in [-0.2, -0.15) is 0 Å². The molecule has 3 atom stereocenters. The van der Waals surface area contributed by atoms with Gasteiger partial charge in [-0.3, -0.25) is 4.90 Å². The number of nitrogens with one attached hydrogen (secondary N) is 1. The quantitative estimate of drug-likeness (QED) is 0.857. The van der Waals surface area contributed by atoms with Crippen LogP contribution in [0.1, 0.15) is 39.0 Å². The van der Waals surface area contributed by atoms with Crippen molar-refractivity contribution in [1.82, 2.24) is 15.1 Å². The van der Waals surface area contributed by atoms with E-state index in [0.29, 0.717) is 12.0 Å². The number of nitrogens with zero attached hydrogens (tertiary/aromatic N) is 2. The van der Waals surface area contributed by atoms with Crippen molar-refractivity contribution in [2.75, 3.05) is 40.4 Å². The van der Waals surface area contributed by atoms with Crippen molar-refractivity contribution in [2.24, 2.45) is 5.92 Å². The van der Waals surface area contributed by atoms with E-state index in [1.807, 2.05) is 0 Å². The summed E-state index contributed by atoms with van der Waals surface area (Å²) in [5, 5.41) is 3.18. The van der Waals surface area contributed by atoms with Crippen LogP contribution in [0.15, 0.2) is 0 Å². The van der Waals surface area contributed by atoms with Crippen molar-refractivity contribution in [1.29, 1.82) is 0 Å². The summed E-state index contributed by atoms with van der Waals surface area (Å²) in [5.74, 6) is 0.196. The Morgan fingerprint density at radius 2 is 2.09 bits per heavy atom. The first-order valence-electron chi connectivity index (χ1n) is 9.03. The van der Waals surface area contributed by atoms with Gasteiger partial charge in [0.15, 0.2) is 5.79 Å². The van der Waals surface area contributed by atoms with E-state index in [1.165, 1.54) is 0 Å². The normalized spacial score (nSPS) is 33.4. The topological polar surface area (TPSA) is 54.0 Å². The van der Waals surface area contributed by atoms with Crippen molar-refractivity contribution in [3.8, 4) is 0 Å². The van der Waals surface area contributed by atoms with Crippen molar-refractivity contribution < 1.29 is 14.3 Å². The van der Waals surface area contributed by atoms with Crippen LogP contribution < -0.4 is 5.32 Å². The second-order valence-corrected chi connectivity index (χ2v) is 7.45. The molecule has 132 valence electrons. The maximum atomic E-state index is 12.0. The SMILES string of the molecule is CCCN1C[C@@H](NC(=O)N(C)C)C[C@@H]2CC3(CC[C@H]21)OCCO3. The van der Waals surface area contributed by atoms with Gasteiger partial charge in [0, 0.05) is 45.6 Å². The molecule has 1 saturated carbocycles. The fourth-order valence-corrected chi connectivity index (χ4v) is 4.53. The van der Waals surface area contributed by atoms with Crippen LogP contribution in [-0.4, -0.2) is 74.1 Å². The second-order valence-electron chi connectivity index (χ2n) is 7.45. The number of rotatable bonds is 3. The predicted molar refractivity (Wildman–Crippen MR) is 88.3 cm³/mol. The number of fused-ring (bicyclic) bond motifs is 1. The fraction of sp³-hybridized carbons (Fsp3) is 0.941. The van der Waals surface area contributed by atoms with E-state index in [9.17, 15) is 4.79 Å². The highest BCUT2D eigenvalue weighted by Crippen LogP contribution is 2.44. The molecule has 2 saturated heterocycles. The third kappa shape index (κ3) is 3.64. The number of ether oxygens (including phenoxy) is 2. The minimum Gasteiger partial charge on any atom is -0.348 e. The zero-order valence-electron chi connectivity index (χ0n) is 14.7. The van der Waals surface area contributed by atoms with E-state index in [1.54, 1.807) is 19.0 Å². The molecule has 0 bridgehead atoms. The Kier molecular flexibility index (Phi) is 5.13. The minimum absolute atomic E-state index is 0.00351. The molecule has 2 aliphatic heterocycles. The van der Waals surface area contributed by atoms with Crippen LogP contribution in [0.25, 0.3) is 0 Å². The van der Waals surface area contributed by atoms with Crippen LogP contribution in [0, 0.1) is 5.92 Å². The van der Waals surface area contributed by atoms with Gasteiger partial charge in [-0.15, -0.1) is 0 Å². The molecule has 6 nitrogen and oxygen atoms in total. The summed E-state index contributed by atoms with van der Waals surface area (Å²) >= 11 is 0. The van der Waals surface area contributed by atoms with Gasteiger partial charge in [0.1, 0.15) is 0 Å². The number of urea groups is 1. The number of likely N-dealkylation sites (tertiary alicyclic amines) is 1. The monoisotopic (exact) mass is 325 g/mol. The fourth-order valence-electron chi connectivity index (χ4n) is 4.53. The molecule has 3 rings (SSSR count). The van der Waals surface area contributed by atoms with E-state index in [4.69, 9.17) is 9.47 Å². The summed E-state index contributed by atoms with van der Waals surface area (Å²) in [6, 6.07) is 0.832. The number of carbonyl (C=O) groups excluding carboxylic acids is 1. The molecule has 1 aliphatic carbocycles. The second kappa shape index (κ2) is 6.95. The smallest absolute Gasteiger partial charge is 0.317 e. The maximum Gasteiger partial charge on any atom is 0.317 e. The molecule has 2 heterocycles. The van der Waals surface area contributed by atoms with Crippen LogP contribution in [0.3, 0.4) is 0 Å². The van der Waals surface area contributed by atoms with Crippen LogP contribution >= 0.6 is 0 Å². The van der Waals surface area contributed by atoms with Crippen LogP contribution in [-0.2, 0) is 9.47 Å². The van der Waals surface area contributed by atoms with Gasteiger partial charge in [0.25, 0.3) is 0 Å². The zero-order valence-corrected chi connectivity index (χ0v) is 14.7. The molecule has 1 spiro atoms. The average Bonchev–Trinajstić information content (AvgIpc) is 2.95. The Morgan fingerprint density at radius 3 is 2.74 bits per heavy atom. The molecular formula is C17H31N3O3. The van der Waals surface area contributed by atoms with Crippen LogP contribution in [0.4, 0.5) is 4.79 Å². The Bertz CT molecular complexity index is 423. The predicted octanol–water partition coefficient (Wildman–Crippen LogP) is 1.65. The number of hydrogen-bond donors (Lipinski definition) is 1. The first kappa shape index (κ1) is 17.0. The first-order valence-corrected chi connectivity index (χ1v) is 9.03. The lowest BCUT2D eigenvalue weighted by atomic mass is 9.74. The molecule has 23 heavy (non-hydrogen) atoms. The molecule has 0 aromatic heterocycles. The summed E-state index contributed by atoms with van der Waals surface area (Å²) in [4.78, 5) is 16.2. The van der Waals surface area contributed by atoms with E-state index >= 15 is 0 Å². The van der Waals surface area contributed by atoms with Crippen molar-refractivity contribution in [2.45, 2.75) is 56.9 Å². The largest absolute Gasteiger partial charge is 0.348 e. The summed E-state index contributed by atoms with van der Waals surface area (Å²) in [7, 11) is 3.58. The van der Waals surface area contributed by atoms with Crippen molar-refractivity contribution >= 4 is 6.03 Å². The molecule has 0 radical (unpaired) electrons. The lowest BCUT2D eigenvalue weighted by Crippen LogP contribution is -2.60. The lowest BCUT2D eigenvalue weighted by Gasteiger charge is -2.50. The van der Waals surface area contributed by atoms with Gasteiger partial charge >= 0.3 is 6.03 Å². The standard InChI is InChI=1S/C17H31N3O3/c1-4-7-20-12-14(18-16(21)19(2)3)10-13-11-17(6-5-15(13)20)22-8-9-23-17/h13-15H,4-12H2,1-3H3,(H,18,21)/t13-,14+,15-/m1/s1. The summed E-state index contributed by atoms with van der Waals surface area (Å²) in [5.41, 5.74) is 0. The molecule has 0 aromatic carbocycles. The molecule has 6 heteroatoms. The van der Waals surface area contributed by atoms with Gasteiger partial charge in [0.2, 0.25) is 0 Å². The van der Waals surface area contributed by atoms with E-state index in [0.717, 1.165) is 58.4 Å². The van der Waals surface area contributed by atoms with Gasteiger partial charge < -0.3 is 19.7 Å². The lowest BCUT2D eigenvalue weighted by molar-refractivity contribution is -0.201. The third-order valence-electron chi connectivity index (χ3n) is 5.51. The Hall–Kier alpha value is -0.850. The van der Waals surface area contributed by atoms with E-state index < -0.39 is 0 Å². The minimum atomic E-state index is -0.341. The molecule has 3 fully saturated rings. The molecule has 2 amide bonds. The Balaban J connectivity index is 1.68. The van der Waals surface area contributed by atoms with Gasteiger partial charge in [-0.1, -0.05) is 6.92 Å². The summed E-state index contributed by atoms with van der Waals surface area (Å²) in [6.07, 6.45) is 5.28. The highest BCUT2D eigenvalue weighted by molar-refractivity contribution is 5.73.